The Balaban J connectivity index is 2.70. The van der Waals surface area contributed by atoms with E-state index in [0.717, 1.165) is 6.42 Å². The average molecular weight is 172 g/mol. The largest absolute Gasteiger partial charge is 0.481 e. The van der Waals surface area contributed by atoms with Crippen LogP contribution in [0.5, 0.6) is 0 Å². The molecule has 0 amide bonds. The lowest BCUT2D eigenvalue weighted by Gasteiger charge is -2.16. The molecule has 1 rings (SSSR count). The fourth-order valence-corrected chi connectivity index (χ4v) is 2.02. The van der Waals surface area contributed by atoms with Gasteiger partial charge in [0.15, 0.2) is 0 Å². The van der Waals surface area contributed by atoms with E-state index in [0.29, 0.717) is 12.8 Å². The maximum Gasteiger partial charge on any atom is 0.309 e. The number of hydrogen-bond donors (Lipinski definition) is 2. The molecule has 1 saturated carbocycles. The molecule has 0 aromatic rings. The first kappa shape index (κ1) is 9.52. The standard InChI is InChI=1S/C9H16O3/c1-3-6-4-9(2,8(11)12)5-7(6)10/h6-7,10H,3-5H2,1-2H3,(H,11,12)/t6-,7-,9+/m1/s1. The van der Waals surface area contributed by atoms with Crippen molar-refractivity contribution in [3.8, 4) is 0 Å². The van der Waals surface area contributed by atoms with Crippen LogP contribution in [0, 0.1) is 11.3 Å². The van der Waals surface area contributed by atoms with Gasteiger partial charge in [-0.05, 0) is 25.7 Å². The molecular weight excluding hydrogens is 156 g/mol. The molecule has 0 aromatic heterocycles. The molecule has 1 fully saturated rings. The van der Waals surface area contributed by atoms with E-state index in [2.05, 4.69) is 0 Å². The molecule has 1 aliphatic carbocycles. The monoisotopic (exact) mass is 172 g/mol. The fraction of sp³-hybridized carbons (Fsp3) is 0.889. The Morgan fingerprint density at radius 3 is 2.42 bits per heavy atom. The maximum atomic E-state index is 10.8. The van der Waals surface area contributed by atoms with Crippen LogP contribution in [0.2, 0.25) is 0 Å². The molecule has 0 aromatic carbocycles. The van der Waals surface area contributed by atoms with Crippen LogP contribution in [-0.2, 0) is 4.79 Å². The molecule has 0 bridgehead atoms. The number of carbonyl (C=O) groups is 1. The minimum atomic E-state index is -0.780. The van der Waals surface area contributed by atoms with Gasteiger partial charge in [-0.25, -0.2) is 0 Å². The van der Waals surface area contributed by atoms with Gasteiger partial charge in [0.25, 0.3) is 0 Å². The molecule has 2 N–H and O–H groups in total. The van der Waals surface area contributed by atoms with E-state index in [4.69, 9.17) is 5.11 Å². The first-order valence-corrected chi connectivity index (χ1v) is 4.41. The predicted octanol–water partition coefficient (Wildman–Crippen LogP) is 1.26. The number of aliphatic hydroxyl groups excluding tert-OH is 1. The summed E-state index contributed by atoms with van der Waals surface area (Å²) in [7, 11) is 0. The van der Waals surface area contributed by atoms with Gasteiger partial charge in [0.2, 0.25) is 0 Å². The second-order valence-electron chi connectivity index (χ2n) is 4.01. The molecule has 12 heavy (non-hydrogen) atoms. The van der Waals surface area contributed by atoms with Gasteiger partial charge in [-0.2, -0.15) is 0 Å². The van der Waals surface area contributed by atoms with E-state index < -0.39 is 17.5 Å². The van der Waals surface area contributed by atoms with E-state index in [1.807, 2.05) is 6.92 Å². The molecule has 0 spiro atoms. The van der Waals surface area contributed by atoms with Crippen LogP contribution < -0.4 is 0 Å². The first-order valence-electron chi connectivity index (χ1n) is 4.41. The van der Waals surface area contributed by atoms with Crippen molar-refractivity contribution in [2.24, 2.45) is 11.3 Å². The maximum absolute atomic E-state index is 10.8. The molecule has 0 saturated heterocycles. The molecule has 1 aliphatic rings. The number of carboxylic acid groups (broad SMARTS) is 1. The zero-order chi connectivity index (χ0) is 9.35. The van der Waals surface area contributed by atoms with E-state index in [9.17, 15) is 9.90 Å². The molecule has 0 unspecified atom stereocenters. The van der Waals surface area contributed by atoms with Crippen LogP contribution in [0.3, 0.4) is 0 Å². The van der Waals surface area contributed by atoms with Crippen molar-refractivity contribution >= 4 is 5.97 Å². The van der Waals surface area contributed by atoms with Crippen LogP contribution in [0.25, 0.3) is 0 Å². The van der Waals surface area contributed by atoms with Crippen LogP contribution in [0.1, 0.15) is 33.1 Å². The normalized spacial score (nSPS) is 41.6. The summed E-state index contributed by atoms with van der Waals surface area (Å²) in [6, 6.07) is 0. The molecule has 0 aliphatic heterocycles. The fourth-order valence-electron chi connectivity index (χ4n) is 2.02. The minimum Gasteiger partial charge on any atom is -0.481 e. The van der Waals surface area contributed by atoms with Gasteiger partial charge < -0.3 is 10.2 Å². The van der Waals surface area contributed by atoms with Gasteiger partial charge in [0.05, 0.1) is 11.5 Å². The molecule has 3 nitrogen and oxygen atoms in total. The van der Waals surface area contributed by atoms with Crippen molar-refractivity contribution in [3.05, 3.63) is 0 Å². The topological polar surface area (TPSA) is 57.5 Å². The van der Waals surface area contributed by atoms with Crippen molar-refractivity contribution in [2.45, 2.75) is 39.2 Å². The van der Waals surface area contributed by atoms with Crippen molar-refractivity contribution in [1.82, 2.24) is 0 Å². The third-order valence-electron chi connectivity index (χ3n) is 2.96. The zero-order valence-electron chi connectivity index (χ0n) is 7.58. The van der Waals surface area contributed by atoms with Gasteiger partial charge in [-0.15, -0.1) is 0 Å². The van der Waals surface area contributed by atoms with Crippen LogP contribution in [0.15, 0.2) is 0 Å². The van der Waals surface area contributed by atoms with Crippen molar-refractivity contribution in [3.63, 3.8) is 0 Å². The Morgan fingerprint density at radius 2 is 2.17 bits per heavy atom. The highest BCUT2D eigenvalue weighted by Crippen LogP contribution is 2.43. The lowest BCUT2D eigenvalue weighted by atomic mass is 9.87. The van der Waals surface area contributed by atoms with Crippen molar-refractivity contribution in [2.75, 3.05) is 0 Å². The predicted molar refractivity (Wildman–Crippen MR) is 44.8 cm³/mol. The molecule has 3 atom stereocenters. The Bertz CT molecular complexity index is 190. The Labute approximate surface area is 72.4 Å². The number of hydrogen-bond acceptors (Lipinski definition) is 2. The lowest BCUT2D eigenvalue weighted by Crippen LogP contribution is -2.24. The van der Waals surface area contributed by atoms with Crippen LogP contribution in [0.4, 0.5) is 0 Å². The smallest absolute Gasteiger partial charge is 0.309 e. The number of rotatable bonds is 2. The van der Waals surface area contributed by atoms with Crippen LogP contribution in [-0.4, -0.2) is 22.3 Å². The van der Waals surface area contributed by atoms with Crippen LogP contribution >= 0.6 is 0 Å². The second-order valence-corrected chi connectivity index (χ2v) is 4.01. The van der Waals surface area contributed by atoms with Crippen molar-refractivity contribution < 1.29 is 15.0 Å². The summed E-state index contributed by atoms with van der Waals surface area (Å²) in [4.78, 5) is 10.8. The molecule has 3 heteroatoms. The summed E-state index contributed by atoms with van der Waals surface area (Å²) in [5.41, 5.74) is -0.694. The van der Waals surface area contributed by atoms with E-state index >= 15 is 0 Å². The average Bonchev–Trinajstić information content (AvgIpc) is 2.27. The summed E-state index contributed by atoms with van der Waals surface area (Å²) >= 11 is 0. The van der Waals surface area contributed by atoms with Gasteiger partial charge in [0.1, 0.15) is 0 Å². The lowest BCUT2D eigenvalue weighted by molar-refractivity contribution is -0.148. The highest BCUT2D eigenvalue weighted by molar-refractivity contribution is 5.74. The summed E-state index contributed by atoms with van der Waals surface area (Å²) in [6.45, 7) is 3.70. The molecular formula is C9H16O3. The summed E-state index contributed by atoms with van der Waals surface area (Å²) in [6.07, 6.45) is 1.46. The summed E-state index contributed by atoms with van der Waals surface area (Å²) < 4.78 is 0. The highest BCUT2D eigenvalue weighted by atomic mass is 16.4. The Hall–Kier alpha value is -0.570. The van der Waals surface area contributed by atoms with Crippen molar-refractivity contribution in [1.29, 1.82) is 0 Å². The molecule has 0 heterocycles. The van der Waals surface area contributed by atoms with Gasteiger partial charge in [0, 0.05) is 0 Å². The minimum absolute atomic E-state index is 0.172. The van der Waals surface area contributed by atoms with Gasteiger partial charge in [-0.3, -0.25) is 4.79 Å². The number of aliphatic hydroxyl groups is 1. The molecule has 0 radical (unpaired) electrons. The van der Waals surface area contributed by atoms with E-state index in [1.54, 1.807) is 6.92 Å². The highest BCUT2D eigenvalue weighted by Gasteiger charge is 2.45. The summed E-state index contributed by atoms with van der Waals surface area (Å²) in [5, 5.41) is 18.4. The quantitative estimate of drug-likeness (QED) is 0.659. The van der Waals surface area contributed by atoms with E-state index in [1.165, 1.54) is 0 Å². The second kappa shape index (κ2) is 3.05. The summed E-state index contributed by atoms with van der Waals surface area (Å²) in [5.74, 6) is -0.608. The first-order chi connectivity index (χ1) is 5.49. The number of aliphatic carboxylic acids is 1. The van der Waals surface area contributed by atoms with E-state index in [-0.39, 0.29) is 5.92 Å². The van der Waals surface area contributed by atoms with Gasteiger partial charge >= 0.3 is 5.97 Å². The van der Waals surface area contributed by atoms with Gasteiger partial charge in [-0.1, -0.05) is 13.3 Å². The zero-order valence-corrected chi connectivity index (χ0v) is 7.58. The Kier molecular flexibility index (Phi) is 2.42. The SMILES string of the molecule is CC[C@@H]1C[C@](C)(C(=O)O)C[C@H]1O. The molecule has 70 valence electrons. The Morgan fingerprint density at radius 1 is 1.58 bits per heavy atom. The third-order valence-corrected chi connectivity index (χ3v) is 2.96. The third kappa shape index (κ3) is 1.46. The number of carboxylic acids is 1.